The number of carbonyl (C=O) groups is 1. The van der Waals surface area contributed by atoms with Crippen LogP contribution in [0.25, 0.3) is 11.3 Å². The van der Waals surface area contributed by atoms with Gasteiger partial charge in [-0.25, -0.2) is 4.79 Å². The number of amides is 1. The van der Waals surface area contributed by atoms with Crippen molar-refractivity contribution in [1.82, 2.24) is 5.16 Å². The predicted molar refractivity (Wildman–Crippen MR) is 83.7 cm³/mol. The van der Waals surface area contributed by atoms with E-state index in [9.17, 15) is 4.79 Å². The maximum absolute atomic E-state index is 12.1. The van der Waals surface area contributed by atoms with E-state index in [0.29, 0.717) is 17.1 Å². The lowest BCUT2D eigenvalue weighted by Gasteiger charge is -2.21. The number of hydrogen-bond donors (Lipinski definition) is 1. The van der Waals surface area contributed by atoms with Crippen LogP contribution in [0.5, 0.6) is 0 Å². The standard InChI is InChI=1S/C17H20N2O3/c1-12-15(16(19-22-12)13-8-4-2-5-9-13)18-17(20)21-14-10-6-3-7-11-14/h2,4-5,8-9,14H,3,6-7,10-11H2,1H3,(H,18,20). The molecule has 5 heteroatoms. The summed E-state index contributed by atoms with van der Waals surface area (Å²) in [4.78, 5) is 12.1. The molecule has 0 aliphatic heterocycles. The number of hydrogen-bond acceptors (Lipinski definition) is 4. The predicted octanol–water partition coefficient (Wildman–Crippen LogP) is 4.53. The lowest BCUT2D eigenvalue weighted by atomic mass is 9.98. The van der Waals surface area contributed by atoms with Crippen molar-refractivity contribution < 1.29 is 14.1 Å². The number of aromatic nitrogens is 1. The molecule has 1 aromatic carbocycles. The molecular formula is C17H20N2O3. The SMILES string of the molecule is Cc1onc(-c2ccccc2)c1NC(=O)OC1CCCCC1. The monoisotopic (exact) mass is 300 g/mol. The van der Waals surface area contributed by atoms with E-state index in [2.05, 4.69) is 10.5 Å². The topological polar surface area (TPSA) is 64.4 Å². The first-order valence-corrected chi connectivity index (χ1v) is 7.73. The molecule has 0 unspecified atom stereocenters. The molecule has 1 aliphatic rings. The number of carbonyl (C=O) groups excluding carboxylic acids is 1. The van der Waals surface area contributed by atoms with Crippen LogP contribution in [0.4, 0.5) is 10.5 Å². The molecule has 1 fully saturated rings. The van der Waals surface area contributed by atoms with Gasteiger partial charge in [-0.15, -0.1) is 0 Å². The van der Waals surface area contributed by atoms with Gasteiger partial charge < -0.3 is 9.26 Å². The van der Waals surface area contributed by atoms with Gasteiger partial charge in [0.05, 0.1) is 0 Å². The average Bonchev–Trinajstić information content (AvgIpc) is 2.90. The van der Waals surface area contributed by atoms with Gasteiger partial charge in [-0.2, -0.15) is 0 Å². The van der Waals surface area contributed by atoms with Crippen molar-refractivity contribution in [3.05, 3.63) is 36.1 Å². The smallest absolute Gasteiger partial charge is 0.412 e. The van der Waals surface area contributed by atoms with Gasteiger partial charge in [0.25, 0.3) is 0 Å². The second kappa shape index (κ2) is 6.64. The molecule has 1 saturated carbocycles. The van der Waals surface area contributed by atoms with E-state index in [1.165, 1.54) is 6.42 Å². The van der Waals surface area contributed by atoms with Crippen molar-refractivity contribution in [3.8, 4) is 11.3 Å². The molecule has 1 amide bonds. The normalized spacial score (nSPS) is 15.5. The summed E-state index contributed by atoms with van der Waals surface area (Å²) in [5.74, 6) is 0.569. The molecule has 1 N–H and O–H groups in total. The van der Waals surface area contributed by atoms with Gasteiger partial charge in [-0.1, -0.05) is 41.9 Å². The summed E-state index contributed by atoms with van der Waals surface area (Å²) < 4.78 is 10.7. The summed E-state index contributed by atoms with van der Waals surface area (Å²) in [6.07, 6.45) is 4.96. The first-order valence-electron chi connectivity index (χ1n) is 7.73. The number of anilines is 1. The first kappa shape index (κ1) is 14.6. The van der Waals surface area contributed by atoms with Crippen molar-refractivity contribution in [2.24, 2.45) is 0 Å². The number of rotatable bonds is 3. The molecule has 0 spiro atoms. The van der Waals surface area contributed by atoms with Gasteiger partial charge in [0.2, 0.25) is 0 Å². The molecule has 0 bridgehead atoms. The molecule has 2 aromatic rings. The number of nitrogens with one attached hydrogen (secondary N) is 1. The van der Waals surface area contributed by atoms with Crippen molar-refractivity contribution in [2.45, 2.75) is 45.1 Å². The summed E-state index contributed by atoms with van der Waals surface area (Å²) in [7, 11) is 0. The highest BCUT2D eigenvalue weighted by Crippen LogP contribution is 2.30. The zero-order valence-electron chi connectivity index (χ0n) is 12.7. The third-order valence-corrected chi connectivity index (χ3v) is 3.96. The third-order valence-electron chi connectivity index (χ3n) is 3.96. The largest absolute Gasteiger partial charge is 0.446 e. The number of ether oxygens (including phenoxy) is 1. The molecule has 0 atom stereocenters. The molecule has 0 saturated heterocycles. The van der Waals surface area contributed by atoms with Crippen LogP contribution in [0, 0.1) is 6.92 Å². The second-order valence-corrected chi connectivity index (χ2v) is 5.62. The van der Waals surface area contributed by atoms with E-state index in [1.54, 1.807) is 6.92 Å². The maximum Gasteiger partial charge on any atom is 0.412 e. The molecule has 1 aliphatic carbocycles. The Hall–Kier alpha value is -2.30. The highest BCUT2D eigenvalue weighted by Gasteiger charge is 2.21. The Bertz CT molecular complexity index is 631. The number of nitrogens with zero attached hydrogens (tertiary/aromatic N) is 1. The fourth-order valence-electron chi connectivity index (χ4n) is 2.78. The zero-order chi connectivity index (χ0) is 15.4. The average molecular weight is 300 g/mol. The summed E-state index contributed by atoms with van der Waals surface area (Å²) >= 11 is 0. The van der Waals surface area contributed by atoms with Crippen molar-refractivity contribution in [2.75, 3.05) is 5.32 Å². The Labute approximate surface area is 129 Å². The Kier molecular flexibility index (Phi) is 4.42. The summed E-state index contributed by atoms with van der Waals surface area (Å²) in [6, 6.07) is 9.62. The van der Waals surface area contributed by atoms with Crippen LogP contribution in [0.2, 0.25) is 0 Å². The van der Waals surface area contributed by atoms with E-state index in [1.807, 2.05) is 30.3 Å². The van der Waals surface area contributed by atoms with Crippen LogP contribution < -0.4 is 5.32 Å². The minimum absolute atomic E-state index is 0.0223. The molecule has 0 radical (unpaired) electrons. The number of benzene rings is 1. The summed E-state index contributed by atoms with van der Waals surface area (Å²) in [6.45, 7) is 1.77. The lowest BCUT2D eigenvalue weighted by Crippen LogP contribution is -2.24. The summed E-state index contributed by atoms with van der Waals surface area (Å²) in [5.41, 5.74) is 2.10. The van der Waals surface area contributed by atoms with E-state index < -0.39 is 6.09 Å². The Balaban J connectivity index is 1.72. The highest BCUT2D eigenvalue weighted by molar-refractivity contribution is 5.91. The summed E-state index contributed by atoms with van der Waals surface area (Å²) in [5, 5.41) is 6.83. The molecule has 1 aromatic heterocycles. The van der Waals surface area contributed by atoms with Crippen LogP contribution >= 0.6 is 0 Å². The Morgan fingerprint density at radius 2 is 1.95 bits per heavy atom. The van der Waals surface area contributed by atoms with Gasteiger partial charge in [0.1, 0.15) is 17.5 Å². The van der Waals surface area contributed by atoms with Gasteiger partial charge >= 0.3 is 6.09 Å². The Morgan fingerprint density at radius 1 is 1.23 bits per heavy atom. The van der Waals surface area contributed by atoms with Crippen molar-refractivity contribution in [1.29, 1.82) is 0 Å². The van der Waals surface area contributed by atoms with Crippen molar-refractivity contribution >= 4 is 11.8 Å². The van der Waals surface area contributed by atoms with Gasteiger partial charge in [0.15, 0.2) is 5.76 Å². The zero-order valence-corrected chi connectivity index (χ0v) is 12.7. The van der Waals surface area contributed by atoms with Gasteiger partial charge in [0, 0.05) is 5.56 Å². The highest BCUT2D eigenvalue weighted by atomic mass is 16.6. The molecular weight excluding hydrogens is 280 g/mol. The minimum Gasteiger partial charge on any atom is -0.446 e. The fourth-order valence-corrected chi connectivity index (χ4v) is 2.78. The van der Waals surface area contributed by atoms with Crippen LogP contribution in [0.15, 0.2) is 34.9 Å². The molecule has 22 heavy (non-hydrogen) atoms. The molecule has 116 valence electrons. The van der Waals surface area contributed by atoms with E-state index >= 15 is 0 Å². The number of aryl methyl sites for hydroxylation is 1. The minimum atomic E-state index is -0.435. The first-order chi connectivity index (χ1) is 10.7. The second-order valence-electron chi connectivity index (χ2n) is 5.62. The van der Waals surface area contributed by atoms with E-state index in [0.717, 1.165) is 31.2 Å². The molecule has 1 heterocycles. The quantitative estimate of drug-likeness (QED) is 0.904. The molecule has 5 nitrogen and oxygen atoms in total. The third kappa shape index (κ3) is 3.30. The molecule has 3 rings (SSSR count). The van der Waals surface area contributed by atoms with Crippen LogP contribution in [-0.2, 0) is 4.74 Å². The fraction of sp³-hybridized carbons (Fsp3) is 0.412. The van der Waals surface area contributed by atoms with Gasteiger partial charge in [-0.05, 0) is 32.6 Å². The van der Waals surface area contributed by atoms with Crippen molar-refractivity contribution in [3.63, 3.8) is 0 Å². The van der Waals surface area contributed by atoms with E-state index in [-0.39, 0.29) is 6.10 Å². The van der Waals surface area contributed by atoms with Crippen LogP contribution in [0.1, 0.15) is 37.9 Å². The Morgan fingerprint density at radius 3 is 2.68 bits per heavy atom. The lowest BCUT2D eigenvalue weighted by molar-refractivity contribution is 0.0865. The maximum atomic E-state index is 12.1. The van der Waals surface area contributed by atoms with Crippen LogP contribution in [-0.4, -0.2) is 17.4 Å². The van der Waals surface area contributed by atoms with E-state index in [4.69, 9.17) is 9.26 Å². The van der Waals surface area contributed by atoms with Crippen LogP contribution in [0.3, 0.4) is 0 Å². The van der Waals surface area contributed by atoms with Gasteiger partial charge in [-0.3, -0.25) is 5.32 Å².